The summed E-state index contributed by atoms with van der Waals surface area (Å²) in [6.45, 7) is 6.01. The molecule has 0 radical (unpaired) electrons. The van der Waals surface area contributed by atoms with Crippen LogP contribution in [0.15, 0.2) is 0 Å². The monoisotopic (exact) mass is 160 g/mol. The molecule has 0 N–H and O–H groups in total. The largest absolute Gasteiger partial charge is 0.251 e. The van der Waals surface area contributed by atoms with Crippen LogP contribution in [0.5, 0.6) is 0 Å². The van der Waals surface area contributed by atoms with E-state index in [-0.39, 0.29) is 12.1 Å². The third-order valence-corrected chi connectivity index (χ3v) is 2.07. The highest BCUT2D eigenvalue weighted by Crippen LogP contribution is 2.23. The molecule has 0 unspecified atom stereocenters. The minimum Gasteiger partial charge on any atom is -0.251 e. The second-order valence-electron chi connectivity index (χ2n) is 4.11. The molecular weight excluding hydrogens is 139 g/mol. The van der Waals surface area contributed by atoms with Crippen molar-refractivity contribution in [2.24, 2.45) is 5.41 Å². The van der Waals surface area contributed by atoms with Gasteiger partial charge < -0.3 is 0 Å². The van der Waals surface area contributed by atoms with Gasteiger partial charge in [0.15, 0.2) is 0 Å². The second-order valence-corrected chi connectivity index (χ2v) is 4.11. The molecule has 1 heteroatoms. The van der Waals surface area contributed by atoms with Gasteiger partial charge in [-0.25, -0.2) is 0 Å². The first-order chi connectivity index (χ1) is 5.12. The first-order valence-electron chi connectivity index (χ1n) is 4.68. The standard InChI is InChI=1S/C10H21F/c1-4-5-6-7-8-10(2,3)9-11/h4-9H2,1-3H3. The van der Waals surface area contributed by atoms with E-state index in [4.69, 9.17) is 0 Å². The van der Waals surface area contributed by atoms with Crippen LogP contribution in [0.2, 0.25) is 0 Å². The fraction of sp³-hybridized carbons (Fsp3) is 1.00. The van der Waals surface area contributed by atoms with Crippen LogP contribution in [0.3, 0.4) is 0 Å². The summed E-state index contributed by atoms with van der Waals surface area (Å²) in [4.78, 5) is 0. The van der Waals surface area contributed by atoms with E-state index in [2.05, 4.69) is 6.92 Å². The third-order valence-electron chi connectivity index (χ3n) is 2.07. The predicted molar refractivity (Wildman–Crippen MR) is 48.5 cm³/mol. The Hall–Kier alpha value is -0.0700. The molecule has 0 rings (SSSR count). The number of unbranched alkanes of at least 4 members (excludes halogenated alkanes) is 3. The molecular formula is C10H21F. The maximum Gasteiger partial charge on any atom is 0.0945 e. The van der Waals surface area contributed by atoms with Crippen molar-refractivity contribution in [2.75, 3.05) is 6.67 Å². The summed E-state index contributed by atoms with van der Waals surface area (Å²) in [7, 11) is 0. The number of rotatable bonds is 6. The van der Waals surface area contributed by atoms with Gasteiger partial charge in [0.25, 0.3) is 0 Å². The molecule has 0 aliphatic carbocycles. The molecule has 0 aliphatic rings. The molecule has 0 amide bonds. The minimum atomic E-state index is -0.181. The minimum absolute atomic E-state index is 0.0757. The Bertz CT molecular complexity index is 86.9. The summed E-state index contributed by atoms with van der Waals surface area (Å²) in [6, 6.07) is 0. The summed E-state index contributed by atoms with van der Waals surface area (Å²) in [6.07, 6.45) is 6.03. The maximum atomic E-state index is 12.3. The molecule has 0 bridgehead atoms. The molecule has 0 aromatic rings. The average Bonchev–Trinajstić information content (AvgIpc) is 1.99. The Morgan fingerprint density at radius 3 is 2.18 bits per heavy atom. The highest BCUT2D eigenvalue weighted by atomic mass is 19.1. The van der Waals surface area contributed by atoms with Crippen LogP contribution in [-0.4, -0.2) is 6.67 Å². The lowest BCUT2D eigenvalue weighted by Crippen LogP contribution is -2.13. The molecule has 0 saturated carbocycles. The maximum absolute atomic E-state index is 12.3. The van der Waals surface area contributed by atoms with Gasteiger partial charge in [0, 0.05) is 0 Å². The summed E-state index contributed by atoms with van der Waals surface area (Å²) in [5.41, 5.74) is -0.0757. The van der Waals surface area contributed by atoms with Gasteiger partial charge in [-0.2, -0.15) is 0 Å². The van der Waals surface area contributed by atoms with Gasteiger partial charge in [-0.3, -0.25) is 4.39 Å². The van der Waals surface area contributed by atoms with Crippen molar-refractivity contribution in [1.29, 1.82) is 0 Å². The normalized spacial score (nSPS) is 12.0. The van der Waals surface area contributed by atoms with E-state index in [1.54, 1.807) is 0 Å². The Kier molecular flexibility index (Phi) is 5.53. The Morgan fingerprint density at radius 1 is 1.09 bits per heavy atom. The molecule has 0 atom stereocenters. The van der Waals surface area contributed by atoms with Crippen molar-refractivity contribution < 1.29 is 4.39 Å². The molecule has 0 aromatic heterocycles. The molecule has 0 spiro atoms. The SMILES string of the molecule is CCCCCCC(C)(C)CF. The lowest BCUT2D eigenvalue weighted by Gasteiger charge is -2.19. The zero-order chi connectivity index (χ0) is 8.74. The smallest absolute Gasteiger partial charge is 0.0945 e. The molecule has 11 heavy (non-hydrogen) atoms. The van der Waals surface area contributed by atoms with Crippen LogP contribution in [-0.2, 0) is 0 Å². The summed E-state index contributed by atoms with van der Waals surface area (Å²) < 4.78 is 12.3. The van der Waals surface area contributed by atoms with Crippen LogP contribution >= 0.6 is 0 Å². The zero-order valence-electron chi connectivity index (χ0n) is 8.12. The third kappa shape index (κ3) is 6.33. The highest BCUT2D eigenvalue weighted by molar-refractivity contribution is 4.66. The van der Waals surface area contributed by atoms with Gasteiger partial charge in [0.2, 0.25) is 0 Å². The number of halogens is 1. The summed E-state index contributed by atoms with van der Waals surface area (Å²) in [5.74, 6) is 0. The van der Waals surface area contributed by atoms with Crippen molar-refractivity contribution in [1.82, 2.24) is 0 Å². The van der Waals surface area contributed by atoms with E-state index in [9.17, 15) is 4.39 Å². The van der Waals surface area contributed by atoms with Crippen LogP contribution in [0.1, 0.15) is 52.9 Å². The van der Waals surface area contributed by atoms with Crippen molar-refractivity contribution in [3.05, 3.63) is 0 Å². The van der Waals surface area contributed by atoms with E-state index >= 15 is 0 Å². The Labute approximate surface area is 70.2 Å². The van der Waals surface area contributed by atoms with Crippen molar-refractivity contribution in [3.63, 3.8) is 0 Å². The van der Waals surface area contributed by atoms with Gasteiger partial charge in [-0.1, -0.05) is 46.5 Å². The fourth-order valence-corrected chi connectivity index (χ4v) is 1.10. The molecule has 0 aliphatic heterocycles. The number of alkyl halides is 1. The molecule has 0 aromatic carbocycles. The lowest BCUT2D eigenvalue weighted by molar-refractivity contribution is 0.233. The molecule has 0 heterocycles. The van der Waals surface area contributed by atoms with Crippen molar-refractivity contribution in [2.45, 2.75) is 52.9 Å². The molecule has 0 nitrogen and oxygen atoms in total. The predicted octanol–water partition coefficient (Wildman–Crippen LogP) is 3.95. The Balaban J connectivity index is 3.23. The van der Waals surface area contributed by atoms with Crippen LogP contribution in [0.25, 0.3) is 0 Å². The quantitative estimate of drug-likeness (QED) is 0.516. The second kappa shape index (κ2) is 5.56. The number of hydrogen-bond acceptors (Lipinski definition) is 0. The van der Waals surface area contributed by atoms with Gasteiger partial charge in [0.1, 0.15) is 0 Å². The first kappa shape index (κ1) is 10.9. The van der Waals surface area contributed by atoms with E-state index in [1.807, 2.05) is 13.8 Å². The van der Waals surface area contributed by atoms with E-state index in [0.717, 1.165) is 6.42 Å². The van der Waals surface area contributed by atoms with E-state index in [0.29, 0.717) is 0 Å². The molecule has 0 fully saturated rings. The van der Waals surface area contributed by atoms with Crippen LogP contribution in [0, 0.1) is 5.41 Å². The van der Waals surface area contributed by atoms with Crippen molar-refractivity contribution in [3.8, 4) is 0 Å². The fourth-order valence-electron chi connectivity index (χ4n) is 1.10. The van der Waals surface area contributed by atoms with Gasteiger partial charge in [-0.15, -0.1) is 0 Å². The van der Waals surface area contributed by atoms with Crippen LogP contribution in [0.4, 0.5) is 4.39 Å². The number of hydrogen-bond donors (Lipinski definition) is 0. The van der Waals surface area contributed by atoms with Gasteiger partial charge in [0.05, 0.1) is 6.67 Å². The lowest BCUT2D eigenvalue weighted by atomic mass is 9.88. The topological polar surface area (TPSA) is 0 Å². The van der Waals surface area contributed by atoms with E-state index < -0.39 is 0 Å². The zero-order valence-corrected chi connectivity index (χ0v) is 8.12. The summed E-state index contributed by atoms with van der Waals surface area (Å²) in [5, 5.41) is 0. The van der Waals surface area contributed by atoms with Crippen molar-refractivity contribution >= 4 is 0 Å². The van der Waals surface area contributed by atoms with E-state index in [1.165, 1.54) is 25.7 Å². The summed E-state index contributed by atoms with van der Waals surface area (Å²) >= 11 is 0. The molecule has 0 saturated heterocycles. The van der Waals surface area contributed by atoms with Crippen LogP contribution < -0.4 is 0 Å². The average molecular weight is 160 g/mol. The highest BCUT2D eigenvalue weighted by Gasteiger charge is 2.15. The Morgan fingerprint density at radius 2 is 1.73 bits per heavy atom. The van der Waals surface area contributed by atoms with Gasteiger partial charge in [-0.05, 0) is 11.8 Å². The first-order valence-corrected chi connectivity index (χ1v) is 4.68. The van der Waals surface area contributed by atoms with Gasteiger partial charge >= 0.3 is 0 Å². The molecule has 68 valence electrons.